The van der Waals surface area contributed by atoms with Crippen molar-refractivity contribution in [1.82, 2.24) is 19.4 Å². The van der Waals surface area contributed by atoms with Crippen LogP contribution in [0.15, 0.2) is 24.3 Å². The molecule has 5 nitrogen and oxygen atoms in total. The summed E-state index contributed by atoms with van der Waals surface area (Å²) in [6.07, 6.45) is 1.07. The smallest absolute Gasteiger partial charge is 0.162 e. The molecule has 4 heterocycles. The molecule has 0 amide bonds. The van der Waals surface area contributed by atoms with E-state index in [-0.39, 0.29) is 0 Å². The Bertz CT molecular complexity index is 873. The maximum Gasteiger partial charge on any atom is 0.162 e. The van der Waals surface area contributed by atoms with E-state index in [1.807, 2.05) is 0 Å². The topological polar surface area (TPSA) is 37.2 Å². The molecule has 0 N–H and O–H groups in total. The number of aromatic nitrogens is 3. The number of rotatable bonds is 4. The lowest BCUT2D eigenvalue weighted by Crippen LogP contribution is -2.44. The van der Waals surface area contributed by atoms with Crippen molar-refractivity contribution >= 4 is 28.3 Å². The molecular weight excluding hydrogens is 330 g/mol. The second-order valence-corrected chi connectivity index (χ2v) is 8.09. The highest BCUT2D eigenvalue weighted by Gasteiger charge is 2.19. The molecule has 0 aliphatic carbocycles. The van der Waals surface area contributed by atoms with Gasteiger partial charge in [-0.05, 0) is 44.7 Å². The SMILES string of the molecule is CCCn1c(-c2ccc(C)s2)nc2ccc(N3CCN(C)CC3)nc21. The highest BCUT2D eigenvalue weighted by atomic mass is 32.1. The first-order valence-corrected chi connectivity index (χ1v) is 9.85. The van der Waals surface area contributed by atoms with Gasteiger partial charge in [-0.3, -0.25) is 0 Å². The van der Waals surface area contributed by atoms with Gasteiger partial charge in [0.2, 0.25) is 0 Å². The van der Waals surface area contributed by atoms with Gasteiger partial charge >= 0.3 is 0 Å². The van der Waals surface area contributed by atoms with Gasteiger partial charge in [0.05, 0.1) is 4.88 Å². The van der Waals surface area contributed by atoms with E-state index in [1.54, 1.807) is 11.3 Å². The quantitative estimate of drug-likeness (QED) is 0.716. The van der Waals surface area contributed by atoms with Crippen molar-refractivity contribution in [2.24, 2.45) is 0 Å². The van der Waals surface area contributed by atoms with E-state index in [9.17, 15) is 0 Å². The zero-order valence-electron chi connectivity index (χ0n) is 15.2. The van der Waals surface area contributed by atoms with Crippen LogP contribution in [-0.2, 0) is 6.54 Å². The minimum atomic E-state index is 0.946. The first-order chi connectivity index (χ1) is 12.2. The van der Waals surface area contributed by atoms with Gasteiger partial charge < -0.3 is 14.4 Å². The number of hydrogen-bond acceptors (Lipinski definition) is 5. The Morgan fingerprint density at radius 1 is 1.04 bits per heavy atom. The van der Waals surface area contributed by atoms with Crippen molar-refractivity contribution in [3.8, 4) is 10.7 Å². The Morgan fingerprint density at radius 2 is 1.84 bits per heavy atom. The third kappa shape index (κ3) is 3.16. The normalized spacial score (nSPS) is 16.0. The number of nitrogens with zero attached hydrogens (tertiary/aromatic N) is 5. The predicted octanol–water partition coefficient (Wildman–Crippen LogP) is 3.63. The van der Waals surface area contributed by atoms with Crippen LogP contribution in [-0.4, -0.2) is 52.7 Å². The monoisotopic (exact) mass is 355 g/mol. The molecule has 132 valence electrons. The fourth-order valence-electron chi connectivity index (χ4n) is 3.38. The predicted molar refractivity (Wildman–Crippen MR) is 106 cm³/mol. The number of aryl methyl sites for hydroxylation is 2. The summed E-state index contributed by atoms with van der Waals surface area (Å²) in [5.74, 6) is 2.13. The van der Waals surface area contributed by atoms with Crippen molar-refractivity contribution in [3.63, 3.8) is 0 Å². The molecule has 3 aromatic rings. The fraction of sp³-hybridized carbons (Fsp3) is 0.474. The lowest BCUT2D eigenvalue weighted by molar-refractivity contribution is 0.312. The second-order valence-electron chi connectivity index (χ2n) is 6.80. The summed E-state index contributed by atoms with van der Waals surface area (Å²) in [6.45, 7) is 9.55. The van der Waals surface area contributed by atoms with E-state index in [4.69, 9.17) is 9.97 Å². The summed E-state index contributed by atoms with van der Waals surface area (Å²) in [5.41, 5.74) is 2.01. The fourth-order valence-corrected chi connectivity index (χ4v) is 4.25. The maximum atomic E-state index is 5.01. The van der Waals surface area contributed by atoms with Crippen molar-refractivity contribution in [1.29, 1.82) is 0 Å². The summed E-state index contributed by atoms with van der Waals surface area (Å²) in [7, 11) is 2.18. The molecule has 1 fully saturated rings. The Labute approximate surface area is 152 Å². The third-order valence-electron chi connectivity index (χ3n) is 4.81. The molecule has 1 saturated heterocycles. The average Bonchev–Trinajstić information content (AvgIpc) is 3.19. The number of fused-ring (bicyclic) bond motifs is 1. The first kappa shape index (κ1) is 16.5. The minimum Gasteiger partial charge on any atom is -0.354 e. The highest BCUT2D eigenvalue weighted by molar-refractivity contribution is 7.15. The summed E-state index contributed by atoms with van der Waals surface area (Å²) < 4.78 is 2.29. The van der Waals surface area contributed by atoms with Crippen molar-refractivity contribution in [2.45, 2.75) is 26.8 Å². The van der Waals surface area contributed by atoms with Crippen LogP contribution >= 0.6 is 11.3 Å². The van der Waals surface area contributed by atoms with Crippen molar-refractivity contribution < 1.29 is 0 Å². The van der Waals surface area contributed by atoms with E-state index in [0.717, 1.165) is 62.0 Å². The molecule has 25 heavy (non-hydrogen) atoms. The van der Waals surface area contributed by atoms with Gasteiger partial charge in [-0.1, -0.05) is 6.92 Å². The number of imidazole rings is 1. The first-order valence-electron chi connectivity index (χ1n) is 9.03. The molecule has 6 heteroatoms. The number of pyridine rings is 1. The van der Waals surface area contributed by atoms with Crippen molar-refractivity contribution in [3.05, 3.63) is 29.1 Å². The Balaban J connectivity index is 1.77. The molecule has 4 rings (SSSR count). The summed E-state index contributed by atoms with van der Waals surface area (Å²) in [4.78, 5) is 17.2. The Morgan fingerprint density at radius 3 is 2.52 bits per heavy atom. The molecule has 0 bridgehead atoms. The molecule has 1 aliphatic heterocycles. The van der Waals surface area contributed by atoms with Gasteiger partial charge in [-0.2, -0.15) is 0 Å². The summed E-state index contributed by atoms with van der Waals surface area (Å²) >= 11 is 1.80. The van der Waals surface area contributed by atoms with Crippen LogP contribution in [0.2, 0.25) is 0 Å². The molecule has 0 unspecified atom stereocenters. The Hall–Kier alpha value is -1.92. The van der Waals surface area contributed by atoms with Gasteiger partial charge in [0.1, 0.15) is 11.3 Å². The third-order valence-corrected chi connectivity index (χ3v) is 5.81. The van der Waals surface area contributed by atoms with E-state index in [2.05, 4.69) is 59.5 Å². The van der Waals surface area contributed by atoms with Crippen LogP contribution in [0.25, 0.3) is 21.9 Å². The molecule has 1 aliphatic rings. The van der Waals surface area contributed by atoms with E-state index >= 15 is 0 Å². The van der Waals surface area contributed by atoms with Gasteiger partial charge in [0.25, 0.3) is 0 Å². The number of piperazine rings is 1. The minimum absolute atomic E-state index is 0.946. The van der Waals surface area contributed by atoms with Gasteiger partial charge in [-0.25, -0.2) is 9.97 Å². The van der Waals surface area contributed by atoms with Crippen LogP contribution in [0.1, 0.15) is 18.2 Å². The van der Waals surface area contributed by atoms with Crippen LogP contribution < -0.4 is 4.90 Å². The average molecular weight is 356 g/mol. The molecule has 0 spiro atoms. The van der Waals surface area contributed by atoms with Gasteiger partial charge in [-0.15, -0.1) is 11.3 Å². The van der Waals surface area contributed by atoms with E-state index < -0.39 is 0 Å². The molecule has 3 aromatic heterocycles. The number of thiophene rings is 1. The van der Waals surface area contributed by atoms with Gasteiger partial charge in [0, 0.05) is 37.6 Å². The number of hydrogen-bond donors (Lipinski definition) is 0. The van der Waals surface area contributed by atoms with Crippen LogP contribution in [0, 0.1) is 6.92 Å². The summed E-state index contributed by atoms with van der Waals surface area (Å²) in [5, 5.41) is 0. The number of anilines is 1. The molecule has 0 radical (unpaired) electrons. The standard InChI is InChI=1S/C19H25N5S/c1-4-9-24-18-15(20-19(24)16-7-5-14(2)25-16)6-8-17(21-18)23-12-10-22(3)11-13-23/h5-8H,4,9-13H2,1-3H3. The number of likely N-dealkylation sites (N-methyl/N-ethyl adjacent to an activating group) is 1. The molecule has 0 saturated carbocycles. The lowest BCUT2D eigenvalue weighted by Gasteiger charge is -2.33. The van der Waals surface area contributed by atoms with Gasteiger partial charge in [0.15, 0.2) is 11.5 Å². The van der Waals surface area contributed by atoms with Crippen LogP contribution in [0.4, 0.5) is 5.82 Å². The zero-order valence-corrected chi connectivity index (χ0v) is 16.0. The van der Waals surface area contributed by atoms with Crippen molar-refractivity contribution in [2.75, 3.05) is 38.1 Å². The van der Waals surface area contributed by atoms with E-state index in [1.165, 1.54) is 9.75 Å². The zero-order chi connectivity index (χ0) is 17.4. The van der Waals surface area contributed by atoms with E-state index in [0.29, 0.717) is 0 Å². The molecule has 0 aromatic carbocycles. The van der Waals surface area contributed by atoms with Crippen LogP contribution in [0.5, 0.6) is 0 Å². The molecule has 0 atom stereocenters. The summed E-state index contributed by atoms with van der Waals surface area (Å²) in [6, 6.07) is 8.60. The highest BCUT2D eigenvalue weighted by Crippen LogP contribution is 2.31. The maximum absolute atomic E-state index is 5.01. The lowest BCUT2D eigenvalue weighted by atomic mass is 10.3. The molecular formula is C19H25N5S. The second kappa shape index (κ2) is 6.77. The van der Waals surface area contributed by atoms with Crippen LogP contribution in [0.3, 0.4) is 0 Å². The Kier molecular flexibility index (Phi) is 4.48. The largest absolute Gasteiger partial charge is 0.354 e.